The minimum atomic E-state index is -0.380. The minimum Gasteiger partial charge on any atom is -0.493 e. The summed E-state index contributed by atoms with van der Waals surface area (Å²) < 4.78 is 10.7. The molecular formula is C12H19NO3. The first kappa shape index (κ1) is 12.8. The van der Waals surface area contributed by atoms with Gasteiger partial charge < -0.3 is 20.3 Å². The molecule has 4 heteroatoms. The highest BCUT2D eigenvalue weighted by molar-refractivity contribution is 5.43. The molecule has 0 aliphatic rings. The summed E-state index contributed by atoms with van der Waals surface area (Å²) in [6.07, 6.45) is 0.945. The number of benzene rings is 1. The summed E-state index contributed by atoms with van der Waals surface area (Å²) in [5.41, 5.74) is 6.56. The van der Waals surface area contributed by atoms with E-state index in [1.165, 1.54) is 0 Å². The highest BCUT2D eigenvalue weighted by atomic mass is 16.5. The Balaban J connectivity index is 2.88. The smallest absolute Gasteiger partial charge is 0.161 e. The van der Waals surface area contributed by atoms with Crippen LogP contribution in [0.4, 0.5) is 0 Å². The molecule has 90 valence electrons. The zero-order chi connectivity index (χ0) is 12.0. The Morgan fingerprint density at radius 2 is 2.12 bits per heavy atom. The molecule has 0 aromatic heterocycles. The standard InChI is InChI=1S/C12H19NO3/c1-3-6-16-11-5-4-9(10(13)8-14)7-12(11)15-2/h4-5,7,10,14H,3,6,8,13H2,1-2H3/t10-/m0/s1. The van der Waals surface area contributed by atoms with E-state index in [1.807, 2.05) is 19.1 Å². The Morgan fingerprint density at radius 3 is 2.69 bits per heavy atom. The number of hydrogen-bond donors (Lipinski definition) is 2. The van der Waals surface area contributed by atoms with E-state index >= 15 is 0 Å². The van der Waals surface area contributed by atoms with Crippen molar-refractivity contribution in [2.45, 2.75) is 19.4 Å². The summed E-state index contributed by atoms with van der Waals surface area (Å²) in [5.74, 6) is 1.35. The summed E-state index contributed by atoms with van der Waals surface area (Å²) in [6, 6.07) is 5.08. The predicted molar refractivity (Wildman–Crippen MR) is 62.8 cm³/mol. The van der Waals surface area contributed by atoms with Crippen molar-refractivity contribution in [3.8, 4) is 11.5 Å². The Kier molecular flexibility index (Phi) is 5.08. The molecule has 16 heavy (non-hydrogen) atoms. The molecule has 1 aromatic rings. The molecule has 0 unspecified atom stereocenters. The lowest BCUT2D eigenvalue weighted by Crippen LogP contribution is -2.14. The molecule has 0 saturated carbocycles. The molecule has 0 heterocycles. The Hall–Kier alpha value is -1.26. The number of aliphatic hydroxyl groups is 1. The van der Waals surface area contributed by atoms with Crippen LogP contribution in [0.25, 0.3) is 0 Å². The highest BCUT2D eigenvalue weighted by Gasteiger charge is 2.09. The average molecular weight is 225 g/mol. The van der Waals surface area contributed by atoms with Crippen molar-refractivity contribution in [1.29, 1.82) is 0 Å². The fourth-order valence-electron chi connectivity index (χ4n) is 1.35. The summed E-state index contributed by atoms with van der Waals surface area (Å²) in [6.45, 7) is 2.61. The first-order valence-corrected chi connectivity index (χ1v) is 5.40. The lowest BCUT2D eigenvalue weighted by Gasteiger charge is -2.14. The minimum absolute atomic E-state index is 0.0850. The average Bonchev–Trinajstić information content (AvgIpc) is 2.35. The van der Waals surface area contributed by atoms with Gasteiger partial charge in [-0.1, -0.05) is 13.0 Å². The van der Waals surface area contributed by atoms with E-state index in [2.05, 4.69) is 0 Å². The fourth-order valence-corrected chi connectivity index (χ4v) is 1.35. The molecule has 0 aliphatic heterocycles. The van der Waals surface area contributed by atoms with Gasteiger partial charge in [-0.3, -0.25) is 0 Å². The van der Waals surface area contributed by atoms with Crippen molar-refractivity contribution in [2.75, 3.05) is 20.3 Å². The van der Waals surface area contributed by atoms with Gasteiger partial charge >= 0.3 is 0 Å². The van der Waals surface area contributed by atoms with Crippen LogP contribution in [0.5, 0.6) is 11.5 Å². The van der Waals surface area contributed by atoms with Crippen molar-refractivity contribution in [1.82, 2.24) is 0 Å². The van der Waals surface area contributed by atoms with Crippen LogP contribution >= 0.6 is 0 Å². The van der Waals surface area contributed by atoms with E-state index in [0.29, 0.717) is 18.1 Å². The van der Waals surface area contributed by atoms with Crippen molar-refractivity contribution in [2.24, 2.45) is 5.73 Å². The zero-order valence-corrected chi connectivity index (χ0v) is 9.77. The van der Waals surface area contributed by atoms with Crippen molar-refractivity contribution >= 4 is 0 Å². The van der Waals surface area contributed by atoms with E-state index in [4.69, 9.17) is 20.3 Å². The van der Waals surface area contributed by atoms with Gasteiger partial charge in [0.2, 0.25) is 0 Å². The molecule has 0 amide bonds. The zero-order valence-electron chi connectivity index (χ0n) is 9.77. The van der Waals surface area contributed by atoms with Crippen LogP contribution < -0.4 is 15.2 Å². The maximum absolute atomic E-state index is 8.97. The van der Waals surface area contributed by atoms with Gasteiger partial charge in [0.15, 0.2) is 11.5 Å². The van der Waals surface area contributed by atoms with Crippen LogP contribution in [-0.4, -0.2) is 25.4 Å². The van der Waals surface area contributed by atoms with Gasteiger partial charge in [0.05, 0.1) is 26.4 Å². The lowest BCUT2D eigenvalue weighted by atomic mass is 10.1. The normalized spacial score (nSPS) is 12.2. The van der Waals surface area contributed by atoms with Gasteiger partial charge in [0.25, 0.3) is 0 Å². The molecule has 1 rings (SSSR count). The number of hydrogen-bond acceptors (Lipinski definition) is 4. The fraction of sp³-hybridized carbons (Fsp3) is 0.500. The predicted octanol–water partition coefficient (Wildman–Crippen LogP) is 1.48. The van der Waals surface area contributed by atoms with Crippen LogP contribution in [0.15, 0.2) is 18.2 Å². The number of aliphatic hydroxyl groups excluding tert-OH is 1. The van der Waals surface area contributed by atoms with Gasteiger partial charge in [0, 0.05) is 0 Å². The summed E-state index contributed by atoms with van der Waals surface area (Å²) >= 11 is 0. The summed E-state index contributed by atoms with van der Waals surface area (Å²) in [5, 5.41) is 8.97. The maximum Gasteiger partial charge on any atom is 0.161 e. The van der Waals surface area contributed by atoms with E-state index < -0.39 is 0 Å². The van der Waals surface area contributed by atoms with E-state index in [9.17, 15) is 0 Å². The molecule has 0 saturated heterocycles. The SMILES string of the molecule is CCCOc1ccc([C@@H](N)CO)cc1OC. The van der Waals surface area contributed by atoms with Gasteiger partial charge in [-0.15, -0.1) is 0 Å². The molecule has 0 aliphatic carbocycles. The van der Waals surface area contributed by atoms with E-state index in [-0.39, 0.29) is 12.6 Å². The van der Waals surface area contributed by atoms with Crippen molar-refractivity contribution < 1.29 is 14.6 Å². The highest BCUT2D eigenvalue weighted by Crippen LogP contribution is 2.29. The third-order valence-electron chi connectivity index (χ3n) is 2.27. The second-order valence-electron chi connectivity index (χ2n) is 3.55. The van der Waals surface area contributed by atoms with Crippen LogP contribution in [-0.2, 0) is 0 Å². The van der Waals surface area contributed by atoms with Crippen molar-refractivity contribution in [3.05, 3.63) is 23.8 Å². The third kappa shape index (κ3) is 3.12. The quantitative estimate of drug-likeness (QED) is 0.769. The molecular weight excluding hydrogens is 206 g/mol. The number of rotatable bonds is 6. The van der Waals surface area contributed by atoms with Crippen LogP contribution in [0.2, 0.25) is 0 Å². The second kappa shape index (κ2) is 6.35. The van der Waals surface area contributed by atoms with Gasteiger partial charge in [0.1, 0.15) is 0 Å². The van der Waals surface area contributed by atoms with Gasteiger partial charge in [-0.05, 0) is 24.1 Å². The molecule has 1 aromatic carbocycles. The first-order chi connectivity index (χ1) is 7.72. The molecule has 0 fully saturated rings. The topological polar surface area (TPSA) is 64.7 Å². The maximum atomic E-state index is 8.97. The van der Waals surface area contributed by atoms with Crippen LogP contribution in [0.3, 0.4) is 0 Å². The second-order valence-corrected chi connectivity index (χ2v) is 3.55. The summed E-state index contributed by atoms with van der Waals surface area (Å²) in [4.78, 5) is 0. The van der Waals surface area contributed by atoms with Crippen LogP contribution in [0.1, 0.15) is 24.9 Å². The van der Waals surface area contributed by atoms with E-state index in [1.54, 1.807) is 13.2 Å². The monoisotopic (exact) mass is 225 g/mol. The lowest BCUT2D eigenvalue weighted by molar-refractivity contribution is 0.266. The molecule has 0 radical (unpaired) electrons. The Bertz CT molecular complexity index is 328. The van der Waals surface area contributed by atoms with Crippen LogP contribution in [0, 0.1) is 0 Å². The van der Waals surface area contributed by atoms with Crippen molar-refractivity contribution in [3.63, 3.8) is 0 Å². The molecule has 1 atom stereocenters. The number of methoxy groups -OCH3 is 1. The first-order valence-electron chi connectivity index (χ1n) is 5.40. The third-order valence-corrected chi connectivity index (χ3v) is 2.27. The number of ether oxygens (including phenoxy) is 2. The molecule has 3 N–H and O–H groups in total. The largest absolute Gasteiger partial charge is 0.493 e. The van der Waals surface area contributed by atoms with Gasteiger partial charge in [-0.2, -0.15) is 0 Å². The molecule has 0 bridgehead atoms. The van der Waals surface area contributed by atoms with Gasteiger partial charge in [-0.25, -0.2) is 0 Å². The number of nitrogens with two attached hydrogens (primary N) is 1. The Morgan fingerprint density at radius 1 is 1.38 bits per heavy atom. The molecule has 4 nitrogen and oxygen atoms in total. The Labute approximate surface area is 96.0 Å². The molecule has 0 spiro atoms. The summed E-state index contributed by atoms with van der Waals surface area (Å²) in [7, 11) is 1.59. The van der Waals surface area contributed by atoms with E-state index in [0.717, 1.165) is 12.0 Å².